The second-order valence-corrected chi connectivity index (χ2v) is 8.11. The Bertz CT molecular complexity index is 341. The highest BCUT2D eigenvalue weighted by Crippen LogP contribution is 2.27. The molecule has 5 nitrogen and oxygen atoms in total. The molecule has 0 aliphatic carbocycles. The molecule has 0 aromatic heterocycles. The molecule has 0 aromatic carbocycles. The van der Waals surface area contributed by atoms with Crippen molar-refractivity contribution >= 4 is 17.7 Å². The second kappa shape index (κ2) is 11.3. The van der Waals surface area contributed by atoms with Gasteiger partial charge in [-0.05, 0) is 46.3 Å². The predicted octanol–water partition coefficient (Wildman–Crippen LogP) is 3.30. The third-order valence-corrected chi connectivity index (χ3v) is 5.00. The van der Waals surface area contributed by atoms with Gasteiger partial charge in [0, 0.05) is 17.9 Å². The first-order chi connectivity index (χ1) is 10.6. The Labute approximate surface area is 145 Å². The van der Waals surface area contributed by atoms with Crippen LogP contribution in [0.3, 0.4) is 0 Å². The molecule has 0 aromatic rings. The Kier molecular flexibility index (Phi) is 11.1. The van der Waals surface area contributed by atoms with Crippen LogP contribution in [0.15, 0.2) is 0 Å². The van der Waals surface area contributed by atoms with E-state index < -0.39 is 11.6 Å². The SMILES string of the molecule is CCOC(C)(CCC(OC(C)C)[C@@H](N)C(C)SCC)CC(=O)O. The van der Waals surface area contributed by atoms with Crippen molar-refractivity contribution in [3.8, 4) is 0 Å². The van der Waals surface area contributed by atoms with Crippen LogP contribution < -0.4 is 5.73 Å². The summed E-state index contributed by atoms with van der Waals surface area (Å²) in [4.78, 5) is 11.1. The largest absolute Gasteiger partial charge is 0.481 e. The molecule has 138 valence electrons. The van der Waals surface area contributed by atoms with Gasteiger partial charge in [-0.15, -0.1) is 0 Å². The van der Waals surface area contributed by atoms with Gasteiger partial charge in [-0.3, -0.25) is 4.79 Å². The first kappa shape index (κ1) is 22.7. The molecule has 0 aliphatic heterocycles. The van der Waals surface area contributed by atoms with Crippen LogP contribution >= 0.6 is 11.8 Å². The average molecular weight is 350 g/mol. The normalized spacial score (nSPS) is 18.4. The minimum atomic E-state index is -0.846. The van der Waals surface area contributed by atoms with Gasteiger partial charge in [0.2, 0.25) is 0 Å². The first-order valence-corrected chi connectivity index (χ1v) is 9.58. The van der Waals surface area contributed by atoms with Gasteiger partial charge < -0.3 is 20.3 Å². The lowest BCUT2D eigenvalue weighted by atomic mass is 9.91. The summed E-state index contributed by atoms with van der Waals surface area (Å²) in [6.45, 7) is 12.5. The molecule has 6 heteroatoms. The molecule has 23 heavy (non-hydrogen) atoms. The molecule has 0 radical (unpaired) electrons. The quantitative estimate of drug-likeness (QED) is 0.531. The summed E-state index contributed by atoms with van der Waals surface area (Å²) in [6.07, 6.45) is 1.28. The molecule has 0 saturated heterocycles. The van der Waals surface area contributed by atoms with Gasteiger partial charge in [0.05, 0.1) is 24.2 Å². The maximum absolute atomic E-state index is 11.1. The van der Waals surface area contributed by atoms with E-state index in [9.17, 15) is 4.79 Å². The van der Waals surface area contributed by atoms with Gasteiger partial charge in [0.15, 0.2) is 0 Å². The second-order valence-electron chi connectivity index (χ2n) is 6.45. The average Bonchev–Trinajstić information content (AvgIpc) is 2.42. The van der Waals surface area contributed by atoms with E-state index in [2.05, 4.69) is 13.8 Å². The lowest BCUT2D eigenvalue weighted by Gasteiger charge is -2.34. The van der Waals surface area contributed by atoms with E-state index >= 15 is 0 Å². The number of hydrogen-bond donors (Lipinski definition) is 2. The van der Waals surface area contributed by atoms with E-state index in [1.807, 2.05) is 39.5 Å². The summed E-state index contributed by atoms with van der Waals surface area (Å²) < 4.78 is 11.7. The topological polar surface area (TPSA) is 81.8 Å². The number of carboxylic acid groups (broad SMARTS) is 1. The Hall–Kier alpha value is -0.300. The van der Waals surface area contributed by atoms with Crippen LogP contribution in [0.25, 0.3) is 0 Å². The van der Waals surface area contributed by atoms with E-state index in [0.717, 1.165) is 5.75 Å². The highest BCUT2D eigenvalue weighted by Gasteiger charge is 2.32. The van der Waals surface area contributed by atoms with Crippen LogP contribution in [0.5, 0.6) is 0 Å². The molecular formula is C17H35NO4S. The summed E-state index contributed by atoms with van der Waals surface area (Å²) in [5.74, 6) is 0.167. The zero-order valence-corrected chi connectivity index (χ0v) is 16.3. The van der Waals surface area contributed by atoms with Crippen molar-refractivity contribution in [1.82, 2.24) is 0 Å². The zero-order valence-electron chi connectivity index (χ0n) is 15.5. The molecule has 3 N–H and O–H groups in total. The predicted molar refractivity (Wildman–Crippen MR) is 97.1 cm³/mol. The molecule has 0 saturated carbocycles. The van der Waals surface area contributed by atoms with E-state index in [-0.39, 0.29) is 24.7 Å². The van der Waals surface area contributed by atoms with Crippen LogP contribution in [0.4, 0.5) is 0 Å². The van der Waals surface area contributed by atoms with Crippen molar-refractivity contribution in [2.45, 2.75) is 89.9 Å². The monoisotopic (exact) mass is 349 g/mol. The molecule has 0 heterocycles. The van der Waals surface area contributed by atoms with Crippen LogP contribution in [-0.4, -0.2) is 52.5 Å². The Morgan fingerprint density at radius 2 is 1.91 bits per heavy atom. The van der Waals surface area contributed by atoms with Crippen molar-refractivity contribution in [3.05, 3.63) is 0 Å². The summed E-state index contributed by atoms with van der Waals surface area (Å²) in [7, 11) is 0. The highest BCUT2D eigenvalue weighted by atomic mass is 32.2. The van der Waals surface area contributed by atoms with E-state index in [1.165, 1.54) is 0 Å². The molecule has 3 unspecified atom stereocenters. The number of ether oxygens (including phenoxy) is 2. The van der Waals surface area contributed by atoms with Gasteiger partial charge in [-0.2, -0.15) is 11.8 Å². The van der Waals surface area contributed by atoms with Crippen molar-refractivity contribution in [1.29, 1.82) is 0 Å². The standard InChI is InChI=1S/C17H35NO4S/c1-7-21-17(6,11-15(19)20)10-9-14(22-12(3)4)16(18)13(5)23-8-2/h12-14,16H,7-11,18H2,1-6H3,(H,19,20)/t13?,14?,16-,17?/m0/s1. The van der Waals surface area contributed by atoms with Gasteiger partial charge in [0.25, 0.3) is 0 Å². The minimum Gasteiger partial charge on any atom is -0.481 e. The van der Waals surface area contributed by atoms with E-state index in [4.69, 9.17) is 20.3 Å². The van der Waals surface area contributed by atoms with Crippen LogP contribution in [0.2, 0.25) is 0 Å². The summed E-state index contributed by atoms with van der Waals surface area (Å²) >= 11 is 1.82. The van der Waals surface area contributed by atoms with E-state index in [1.54, 1.807) is 0 Å². The fourth-order valence-electron chi connectivity index (χ4n) is 2.70. The zero-order chi connectivity index (χ0) is 18.0. The third-order valence-electron chi connectivity index (χ3n) is 3.82. The Morgan fingerprint density at radius 3 is 2.35 bits per heavy atom. The Morgan fingerprint density at radius 1 is 1.30 bits per heavy atom. The van der Waals surface area contributed by atoms with E-state index in [0.29, 0.717) is 24.7 Å². The van der Waals surface area contributed by atoms with Crippen molar-refractivity contribution in [2.75, 3.05) is 12.4 Å². The summed E-state index contributed by atoms with van der Waals surface area (Å²) in [5.41, 5.74) is 5.72. The van der Waals surface area contributed by atoms with Gasteiger partial charge in [0.1, 0.15) is 0 Å². The molecule has 0 aliphatic rings. The fraction of sp³-hybridized carbons (Fsp3) is 0.941. The van der Waals surface area contributed by atoms with Crippen molar-refractivity contribution in [2.24, 2.45) is 5.73 Å². The smallest absolute Gasteiger partial charge is 0.306 e. The van der Waals surface area contributed by atoms with Gasteiger partial charge in [-0.25, -0.2) is 0 Å². The number of rotatable bonds is 13. The van der Waals surface area contributed by atoms with Gasteiger partial charge in [-0.1, -0.05) is 13.8 Å². The third kappa shape index (κ3) is 9.55. The molecule has 0 fully saturated rings. The summed E-state index contributed by atoms with van der Waals surface area (Å²) in [5, 5.41) is 9.41. The number of thioether (sulfide) groups is 1. The highest BCUT2D eigenvalue weighted by molar-refractivity contribution is 7.99. The number of hydrogen-bond acceptors (Lipinski definition) is 5. The molecule has 4 atom stereocenters. The van der Waals surface area contributed by atoms with Crippen LogP contribution in [0, 0.1) is 0 Å². The number of carbonyl (C=O) groups is 1. The fourth-order valence-corrected chi connectivity index (χ4v) is 3.63. The van der Waals surface area contributed by atoms with Crippen LogP contribution in [0.1, 0.15) is 60.8 Å². The summed E-state index contributed by atoms with van der Waals surface area (Å²) in [6, 6.07) is -0.0851. The first-order valence-electron chi connectivity index (χ1n) is 8.53. The maximum atomic E-state index is 11.1. The van der Waals surface area contributed by atoms with Crippen molar-refractivity contribution in [3.63, 3.8) is 0 Å². The lowest BCUT2D eigenvalue weighted by molar-refractivity contribution is -0.145. The molecular weight excluding hydrogens is 314 g/mol. The van der Waals surface area contributed by atoms with Crippen LogP contribution in [-0.2, 0) is 14.3 Å². The van der Waals surface area contributed by atoms with Gasteiger partial charge >= 0.3 is 5.97 Å². The number of carboxylic acids is 1. The number of nitrogens with two attached hydrogens (primary N) is 1. The Balaban J connectivity index is 4.89. The molecule has 0 rings (SSSR count). The molecule has 0 bridgehead atoms. The lowest BCUT2D eigenvalue weighted by Crippen LogP contribution is -2.46. The minimum absolute atomic E-state index is 0.0102. The molecule has 0 amide bonds. The molecule has 0 spiro atoms. The number of aliphatic carboxylic acids is 1. The maximum Gasteiger partial charge on any atom is 0.306 e. The van der Waals surface area contributed by atoms with Crippen molar-refractivity contribution < 1.29 is 19.4 Å².